The topological polar surface area (TPSA) is 101 Å². The molecule has 2 N–H and O–H groups in total. The van der Waals surface area contributed by atoms with Crippen molar-refractivity contribution in [2.24, 2.45) is 5.92 Å². The van der Waals surface area contributed by atoms with E-state index >= 15 is 0 Å². The van der Waals surface area contributed by atoms with Gasteiger partial charge < -0.3 is 14.9 Å². The van der Waals surface area contributed by atoms with Crippen LogP contribution >= 0.6 is 0 Å². The predicted molar refractivity (Wildman–Crippen MR) is 121 cm³/mol. The van der Waals surface area contributed by atoms with Crippen LogP contribution in [-0.4, -0.2) is 33.7 Å². The zero-order chi connectivity index (χ0) is 23.4. The molecule has 1 rings (SSSR count). The fourth-order valence-electron chi connectivity index (χ4n) is 4.50. The van der Waals surface area contributed by atoms with Gasteiger partial charge >= 0.3 is 17.9 Å². The molecule has 1 aromatic carbocycles. The number of unbranched alkanes of at least 4 members (excludes halogenated alkanes) is 2. The molecule has 0 aliphatic carbocycles. The van der Waals surface area contributed by atoms with Gasteiger partial charge in [0.05, 0.1) is 16.7 Å². The van der Waals surface area contributed by atoms with Gasteiger partial charge in [-0.05, 0) is 49.8 Å². The van der Waals surface area contributed by atoms with E-state index in [2.05, 4.69) is 27.7 Å². The summed E-state index contributed by atoms with van der Waals surface area (Å²) in [6.45, 7) is 8.39. The van der Waals surface area contributed by atoms with E-state index in [0.29, 0.717) is 12.8 Å². The summed E-state index contributed by atoms with van der Waals surface area (Å²) in [5.41, 5.74) is -1.26. The number of carboxylic acid groups (broad SMARTS) is 2. The van der Waals surface area contributed by atoms with Crippen LogP contribution in [0.15, 0.2) is 18.2 Å². The monoisotopic (exact) mass is 434 g/mol. The molecule has 6 nitrogen and oxygen atoms in total. The first-order valence-corrected chi connectivity index (χ1v) is 11.6. The van der Waals surface area contributed by atoms with Crippen molar-refractivity contribution >= 4 is 17.9 Å². The summed E-state index contributed by atoms with van der Waals surface area (Å²) < 4.78 is 6.18. The van der Waals surface area contributed by atoms with Crippen LogP contribution < -0.4 is 0 Å². The fraction of sp³-hybridized carbons (Fsp3) is 0.640. The van der Waals surface area contributed by atoms with Crippen molar-refractivity contribution in [2.75, 3.05) is 0 Å². The lowest BCUT2D eigenvalue weighted by Crippen LogP contribution is -2.43. The number of carbonyl (C=O) groups is 3. The number of aromatic carboxylic acids is 2. The number of ether oxygens (including phenoxy) is 1. The van der Waals surface area contributed by atoms with Gasteiger partial charge in [-0.1, -0.05) is 66.2 Å². The molecule has 0 spiro atoms. The van der Waals surface area contributed by atoms with Crippen LogP contribution in [0.4, 0.5) is 0 Å². The van der Waals surface area contributed by atoms with Gasteiger partial charge in [0.1, 0.15) is 5.60 Å². The lowest BCUT2D eigenvalue weighted by molar-refractivity contribution is -0.0682. The van der Waals surface area contributed by atoms with Crippen molar-refractivity contribution in [3.63, 3.8) is 0 Å². The zero-order valence-corrected chi connectivity index (χ0v) is 19.4. The Morgan fingerprint density at radius 1 is 0.839 bits per heavy atom. The summed E-state index contributed by atoms with van der Waals surface area (Å²) in [7, 11) is 0. The third kappa shape index (κ3) is 7.37. The smallest absolute Gasteiger partial charge is 0.339 e. The first kappa shape index (κ1) is 26.7. The normalized spacial score (nSPS) is 12.4. The molecule has 0 radical (unpaired) electrons. The molecule has 0 aromatic heterocycles. The molecule has 0 bridgehead atoms. The summed E-state index contributed by atoms with van der Waals surface area (Å²) in [5, 5.41) is 18.8. The van der Waals surface area contributed by atoms with Gasteiger partial charge in [0.2, 0.25) is 0 Å². The van der Waals surface area contributed by atoms with Crippen LogP contribution in [0, 0.1) is 5.92 Å². The van der Waals surface area contributed by atoms with Crippen LogP contribution in [0.2, 0.25) is 0 Å². The summed E-state index contributed by atoms with van der Waals surface area (Å²) in [4.78, 5) is 36.3. The van der Waals surface area contributed by atoms with Gasteiger partial charge in [0, 0.05) is 0 Å². The number of benzene rings is 1. The van der Waals surface area contributed by atoms with Gasteiger partial charge in [0.25, 0.3) is 0 Å². The van der Waals surface area contributed by atoms with Crippen molar-refractivity contribution in [1.29, 1.82) is 0 Å². The van der Waals surface area contributed by atoms with E-state index < -0.39 is 23.5 Å². The molecule has 0 saturated carbocycles. The highest BCUT2D eigenvalue weighted by molar-refractivity contribution is 6.04. The number of rotatable bonds is 15. The van der Waals surface area contributed by atoms with E-state index in [9.17, 15) is 24.6 Å². The SMILES string of the molecule is CCCCCC(CCC)C(CCC)(CCC)OC(=O)c1cc(C(=O)O)ccc1C(=O)O. The number of hydrogen-bond donors (Lipinski definition) is 2. The van der Waals surface area contributed by atoms with E-state index in [0.717, 1.165) is 63.5 Å². The van der Waals surface area contributed by atoms with E-state index in [-0.39, 0.29) is 22.6 Å². The molecule has 0 saturated heterocycles. The molecule has 174 valence electrons. The quantitative estimate of drug-likeness (QED) is 0.239. The number of esters is 1. The average molecular weight is 435 g/mol. The van der Waals surface area contributed by atoms with Gasteiger partial charge in [-0.2, -0.15) is 0 Å². The highest BCUT2D eigenvalue weighted by atomic mass is 16.6. The first-order chi connectivity index (χ1) is 14.8. The van der Waals surface area contributed by atoms with Gasteiger partial charge in [-0.25, -0.2) is 14.4 Å². The molecule has 0 aliphatic rings. The zero-order valence-electron chi connectivity index (χ0n) is 19.4. The second-order valence-electron chi connectivity index (χ2n) is 8.31. The summed E-state index contributed by atoms with van der Waals surface area (Å²) in [6, 6.07) is 3.47. The van der Waals surface area contributed by atoms with Gasteiger partial charge in [-0.15, -0.1) is 0 Å². The maximum absolute atomic E-state index is 13.3. The van der Waals surface area contributed by atoms with Crippen molar-refractivity contribution in [3.05, 3.63) is 34.9 Å². The second kappa shape index (κ2) is 13.1. The maximum atomic E-state index is 13.3. The van der Waals surface area contributed by atoms with E-state index in [1.165, 1.54) is 6.07 Å². The molecule has 31 heavy (non-hydrogen) atoms. The molecule has 6 heteroatoms. The molecule has 1 aromatic rings. The predicted octanol–water partition coefficient (Wildman–Crippen LogP) is 6.58. The minimum Gasteiger partial charge on any atom is -0.478 e. The van der Waals surface area contributed by atoms with Crippen molar-refractivity contribution < 1.29 is 29.3 Å². The minimum absolute atomic E-state index is 0.137. The molecular formula is C25H38O6. The summed E-state index contributed by atoms with van der Waals surface area (Å²) in [5.74, 6) is -3.07. The highest BCUT2D eigenvalue weighted by Crippen LogP contribution is 2.39. The van der Waals surface area contributed by atoms with E-state index in [1.54, 1.807) is 0 Å². The minimum atomic E-state index is -1.28. The molecular weight excluding hydrogens is 396 g/mol. The first-order valence-electron chi connectivity index (χ1n) is 11.6. The Labute approximate surface area is 186 Å². The van der Waals surface area contributed by atoms with Crippen LogP contribution in [-0.2, 0) is 4.74 Å². The molecule has 0 aliphatic heterocycles. The van der Waals surface area contributed by atoms with Gasteiger partial charge in [-0.3, -0.25) is 0 Å². The number of hydrogen-bond acceptors (Lipinski definition) is 4. The average Bonchev–Trinajstić information content (AvgIpc) is 2.72. The third-order valence-electron chi connectivity index (χ3n) is 5.90. The van der Waals surface area contributed by atoms with Crippen LogP contribution in [0.1, 0.15) is 123 Å². The number of carboxylic acids is 2. The Kier molecular flexibility index (Phi) is 11.3. The summed E-state index contributed by atoms with van der Waals surface area (Å²) >= 11 is 0. The van der Waals surface area contributed by atoms with Crippen molar-refractivity contribution in [1.82, 2.24) is 0 Å². The Morgan fingerprint density at radius 3 is 1.97 bits per heavy atom. The molecule has 1 atom stereocenters. The van der Waals surface area contributed by atoms with E-state index in [1.807, 2.05) is 0 Å². The third-order valence-corrected chi connectivity index (χ3v) is 5.90. The molecule has 0 fully saturated rings. The van der Waals surface area contributed by atoms with Crippen LogP contribution in [0.3, 0.4) is 0 Å². The molecule has 0 amide bonds. The maximum Gasteiger partial charge on any atom is 0.339 e. The highest BCUT2D eigenvalue weighted by Gasteiger charge is 2.41. The van der Waals surface area contributed by atoms with Gasteiger partial charge in [0.15, 0.2) is 0 Å². The standard InChI is InChI=1S/C25H38O6/c1-5-9-10-12-19(11-6-2)25(15-7-3,16-8-4)31-24(30)21-17-18(22(26)27)13-14-20(21)23(28)29/h13-14,17,19H,5-12,15-16H2,1-4H3,(H,26,27)(H,28,29). The van der Waals surface area contributed by atoms with Crippen molar-refractivity contribution in [2.45, 2.75) is 97.5 Å². The fourth-order valence-corrected chi connectivity index (χ4v) is 4.50. The molecule has 1 unspecified atom stereocenters. The lowest BCUT2D eigenvalue weighted by Gasteiger charge is -2.41. The number of carbonyl (C=O) groups excluding carboxylic acids is 1. The van der Waals surface area contributed by atoms with Crippen molar-refractivity contribution in [3.8, 4) is 0 Å². The summed E-state index contributed by atoms with van der Waals surface area (Å²) in [6.07, 6.45) is 9.21. The van der Waals surface area contributed by atoms with Crippen LogP contribution in [0.5, 0.6) is 0 Å². The Balaban J connectivity index is 3.41. The Morgan fingerprint density at radius 2 is 1.48 bits per heavy atom. The van der Waals surface area contributed by atoms with Crippen LogP contribution in [0.25, 0.3) is 0 Å². The largest absolute Gasteiger partial charge is 0.478 e. The Bertz CT molecular complexity index is 734. The van der Waals surface area contributed by atoms with E-state index in [4.69, 9.17) is 4.74 Å². The lowest BCUT2D eigenvalue weighted by atomic mass is 9.75. The Hall–Kier alpha value is -2.37. The second-order valence-corrected chi connectivity index (χ2v) is 8.31. The molecule has 0 heterocycles.